The minimum absolute atomic E-state index is 0.831. The second-order valence-corrected chi connectivity index (χ2v) is 7.37. The lowest BCUT2D eigenvalue weighted by atomic mass is 10.1. The topological polar surface area (TPSA) is 52.4 Å². The van der Waals surface area contributed by atoms with Crippen LogP contribution in [0.2, 0.25) is 0 Å². The van der Waals surface area contributed by atoms with Crippen molar-refractivity contribution in [3.63, 3.8) is 0 Å². The van der Waals surface area contributed by atoms with Crippen LogP contribution in [-0.2, 0) is 32.4 Å². The molecule has 3 aromatic rings. The molecule has 0 amide bonds. The van der Waals surface area contributed by atoms with Gasteiger partial charge in [0.2, 0.25) is 0 Å². The number of hydrogen-bond donors (Lipinski definition) is 0. The molecule has 6 heteroatoms. The van der Waals surface area contributed by atoms with Crippen LogP contribution in [0, 0.1) is 0 Å². The van der Waals surface area contributed by atoms with Gasteiger partial charge >= 0.3 is 0 Å². The fourth-order valence-corrected chi connectivity index (χ4v) is 3.92. The van der Waals surface area contributed by atoms with Crippen LogP contribution in [0.1, 0.15) is 22.8 Å². The lowest BCUT2D eigenvalue weighted by molar-refractivity contribution is 0.265. The quantitative estimate of drug-likeness (QED) is 0.618. The first kappa shape index (κ1) is 19.5. The van der Waals surface area contributed by atoms with Gasteiger partial charge in [0.1, 0.15) is 23.1 Å². The van der Waals surface area contributed by atoms with Crippen molar-refractivity contribution >= 4 is 0 Å². The number of rotatable bonds is 7. The van der Waals surface area contributed by atoms with E-state index in [1.165, 1.54) is 5.56 Å². The summed E-state index contributed by atoms with van der Waals surface area (Å²) in [6.07, 6.45) is 2.81. The Balaban J connectivity index is 1.42. The number of aromatic nitrogens is 3. The van der Waals surface area contributed by atoms with E-state index in [1.807, 2.05) is 12.1 Å². The average molecular weight is 393 g/mol. The number of methoxy groups -OCH3 is 2. The second kappa shape index (κ2) is 9.09. The van der Waals surface area contributed by atoms with Crippen molar-refractivity contribution in [1.82, 2.24) is 19.7 Å². The first-order valence-electron chi connectivity index (χ1n) is 10.1. The van der Waals surface area contributed by atoms with Gasteiger partial charge in [-0.05, 0) is 30.2 Å². The molecule has 0 saturated heterocycles. The van der Waals surface area contributed by atoms with Crippen LogP contribution >= 0.6 is 0 Å². The van der Waals surface area contributed by atoms with Gasteiger partial charge in [-0.2, -0.15) is 0 Å². The molecule has 0 N–H and O–H groups in total. The Morgan fingerprint density at radius 2 is 1.76 bits per heavy atom. The van der Waals surface area contributed by atoms with Gasteiger partial charge < -0.3 is 14.0 Å². The SMILES string of the molecule is COc1ccc(OC)c(CN2CCc3nnc(CCc4ccccc4)n3CC2)c1. The van der Waals surface area contributed by atoms with E-state index in [-0.39, 0.29) is 0 Å². The maximum Gasteiger partial charge on any atom is 0.134 e. The van der Waals surface area contributed by atoms with Crippen LogP contribution < -0.4 is 9.47 Å². The Morgan fingerprint density at radius 1 is 0.897 bits per heavy atom. The Kier molecular flexibility index (Phi) is 6.10. The van der Waals surface area contributed by atoms with Crippen molar-refractivity contribution in [3.05, 3.63) is 71.3 Å². The van der Waals surface area contributed by atoms with E-state index in [0.29, 0.717) is 0 Å². The van der Waals surface area contributed by atoms with Crippen molar-refractivity contribution in [2.24, 2.45) is 0 Å². The third kappa shape index (κ3) is 4.59. The highest BCUT2D eigenvalue weighted by Crippen LogP contribution is 2.26. The third-order valence-corrected chi connectivity index (χ3v) is 5.56. The number of nitrogens with zero attached hydrogens (tertiary/aromatic N) is 4. The summed E-state index contributed by atoms with van der Waals surface area (Å²) in [5.74, 6) is 3.94. The molecule has 6 nitrogen and oxygen atoms in total. The number of fused-ring (bicyclic) bond motifs is 1. The highest BCUT2D eigenvalue weighted by atomic mass is 16.5. The molecule has 152 valence electrons. The van der Waals surface area contributed by atoms with Crippen LogP contribution in [0.3, 0.4) is 0 Å². The van der Waals surface area contributed by atoms with Crippen molar-refractivity contribution in [3.8, 4) is 11.5 Å². The number of aryl methyl sites for hydroxylation is 2. The molecular weight excluding hydrogens is 364 g/mol. The number of ether oxygens (including phenoxy) is 2. The molecular formula is C23H28N4O2. The zero-order valence-electron chi connectivity index (χ0n) is 17.2. The molecule has 1 aliphatic rings. The minimum Gasteiger partial charge on any atom is -0.497 e. The molecule has 4 rings (SSSR count). The summed E-state index contributed by atoms with van der Waals surface area (Å²) in [4.78, 5) is 2.45. The van der Waals surface area contributed by atoms with E-state index >= 15 is 0 Å². The van der Waals surface area contributed by atoms with Crippen LogP contribution in [0.5, 0.6) is 11.5 Å². The third-order valence-electron chi connectivity index (χ3n) is 5.56. The van der Waals surface area contributed by atoms with Crippen molar-refractivity contribution in [2.75, 3.05) is 27.3 Å². The van der Waals surface area contributed by atoms with Crippen LogP contribution in [0.15, 0.2) is 48.5 Å². The molecule has 29 heavy (non-hydrogen) atoms. The lowest BCUT2D eigenvalue weighted by Gasteiger charge is -2.21. The zero-order chi connectivity index (χ0) is 20.1. The minimum atomic E-state index is 0.831. The largest absolute Gasteiger partial charge is 0.497 e. The summed E-state index contributed by atoms with van der Waals surface area (Å²) in [6.45, 7) is 3.66. The van der Waals surface area contributed by atoms with Crippen LogP contribution in [-0.4, -0.2) is 47.0 Å². The van der Waals surface area contributed by atoms with Gasteiger partial charge in [0, 0.05) is 44.6 Å². The summed E-state index contributed by atoms with van der Waals surface area (Å²) in [5.41, 5.74) is 2.49. The Bertz CT molecular complexity index is 939. The second-order valence-electron chi connectivity index (χ2n) is 7.37. The lowest BCUT2D eigenvalue weighted by Crippen LogP contribution is -2.27. The predicted octanol–water partition coefficient (Wildman–Crippen LogP) is 3.14. The van der Waals surface area contributed by atoms with Gasteiger partial charge in [-0.15, -0.1) is 10.2 Å². The molecule has 0 bridgehead atoms. The average Bonchev–Trinajstić information content (AvgIpc) is 3.05. The Morgan fingerprint density at radius 3 is 2.55 bits per heavy atom. The van der Waals surface area contributed by atoms with Crippen molar-refractivity contribution in [2.45, 2.75) is 32.4 Å². The summed E-state index contributed by atoms with van der Waals surface area (Å²) >= 11 is 0. The molecule has 0 radical (unpaired) electrons. The van der Waals surface area contributed by atoms with Crippen LogP contribution in [0.4, 0.5) is 0 Å². The van der Waals surface area contributed by atoms with Gasteiger partial charge in [-0.3, -0.25) is 4.90 Å². The zero-order valence-corrected chi connectivity index (χ0v) is 17.2. The molecule has 0 spiro atoms. The molecule has 0 saturated carbocycles. The molecule has 2 aromatic carbocycles. The summed E-state index contributed by atoms with van der Waals surface area (Å²) < 4.78 is 13.2. The van der Waals surface area contributed by atoms with E-state index < -0.39 is 0 Å². The predicted molar refractivity (Wildman–Crippen MR) is 112 cm³/mol. The van der Waals surface area contributed by atoms with E-state index in [9.17, 15) is 0 Å². The molecule has 2 heterocycles. The molecule has 1 aromatic heterocycles. The Hall–Kier alpha value is -2.86. The number of benzene rings is 2. The highest BCUT2D eigenvalue weighted by molar-refractivity contribution is 5.40. The first-order valence-corrected chi connectivity index (χ1v) is 10.1. The van der Waals surface area contributed by atoms with E-state index in [2.05, 4.69) is 56.1 Å². The molecule has 0 fully saturated rings. The molecule has 0 atom stereocenters. The van der Waals surface area contributed by atoms with Gasteiger partial charge in [0.25, 0.3) is 0 Å². The molecule has 0 aliphatic carbocycles. The smallest absolute Gasteiger partial charge is 0.134 e. The maximum absolute atomic E-state index is 5.55. The van der Waals surface area contributed by atoms with E-state index in [0.717, 1.165) is 74.2 Å². The standard InChI is InChI=1S/C23H28N4O2/c1-28-20-9-10-21(29-2)19(16-20)17-26-13-12-23-25-24-22(27(23)15-14-26)11-8-18-6-4-3-5-7-18/h3-7,9-10,16H,8,11-15,17H2,1-2H3. The van der Waals surface area contributed by atoms with Gasteiger partial charge in [0.05, 0.1) is 14.2 Å². The normalized spacial score (nSPS) is 14.3. The maximum atomic E-state index is 5.55. The fraction of sp³-hybridized carbons (Fsp3) is 0.391. The number of hydrogen-bond acceptors (Lipinski definition) is 5. The molecule has 0 unspecified atom stereocenters. The van der Waals surface area contributed by atoms with Crippen molar-refractivity contribution < 1.29 is 9.47 Å². The van der Waals surface area contributed by atoms with Gasteiger partial charge in [0.15, 0.2) is 0 Å². The van der Waals surface area contributed by atoms with E-state index in [1.54, 1.807) is 14.2 Å². The molecule has 1 aliphatic heterocycles. The van der Waals surface area contributed by atoms with Crippen molar-refractivity contribution in [1.29, 1.82) is 0 Å². The summed E-state index contributed by atoms with van der Waals surface area (Å²) in [7, 11) is 3.41. The monoisotopic (exact) mass is 392 g/mol. The summed E-state index contributed by atoms with van der Waals surface area (Å²) in [6, 6.07) is 16.5. The fourth-order valence-electron chi connectivity index (χ4n) is 3.92. The highest BCUT2D eigenvalue weighted by Gasteiger charge is 2.20. The summed E-state index contributed by atoms with van der Waals surface area (Å²) in [5, 5.41) is 8.94. The van der Waals surface area contributed by atoms with Gasteiger partial charge in [-0.1, -0.05) is 30.3 Å². The van der Waals surface area contributed by atoms with Gasteiger partial charge in [-0.25, -0.2) is 0 Å². The van der Waals surface area contributed by atoms with Crippen LogP contribution in [0.25, 0.3) is 0 Å². The first-order chi connectivity index (χ1) is 14.3. The Labute approximate surface area is 172 Å². The van der Waals surface area contributed by atoms with E-state index in [4.69, 9.17) is 9.47 Å².